The molecule has 2 aromatic carbocycles. The average Bonchev–Trinajstić information content (AvgIpc) is 2.69. The first-order valence-electron chi connectivity index (χ1n) is 8.69. The molecular formula is C22H21N3O2. The molecule has 5 heteroatoms. The van der Waals surface area contributed by atoms with E-state index in [1.165, 1.54) is 17.8 Å². The van der Waals surface area contributed by atoms with Crippen LogP contribution in [0.1, 0.15) is 37.5 Å². The number of anilines is 1. The number of rotatable bonds is 5. The fraction of sp³-hybridized carbons (Fsp3) is 0.136. The summed E-state index contributed by atoms with van der Waals surface area (Å²) < 4.78 is 0. The van der Waals surface area contributed by atoms with Crippen molar-refractivity contribution in [1.29, 1.82) is 0 Å². The second-order valence-corrected chi connectivity index (χ2v) is 6.42. The maximum atomic E-state index is 12.4. The van der Waals surface area contributed by atoms with Gasteiger partial charge in [0.2, 0.25) is 0 Å². The lowest BCUT2D eigenvalue weighted by Crippen LogP contribution is -2.24. The number of aromatic nitrogens is 1. The smallest absolute Gasteiger partial charge is 0.270 e. The molecule has 0 saturated carbocycles. The van der Waals surface area contributed by atoms with E-state index >= 15 is 0 Å². The molecule has 2 N–H and O–H groups in total. The van der Waals surface area contributed by atoms with Crippen molar-refractivity contribution in [1.82, 2.24) is 10.3 Å². The van der Waals surface area contributed by atoms with Crippen LogP contribution in [0.3, 0.4) is 0 Å². The van der Waals surface area contributed by atoms with Crippen molar-refractivity contribution < 1.29 is 9.59 Å². The van der Waals surface area contributed by atoms with E-state index in [1.807, 2.05) is 62.4 Å². The van der Waals surface area contributed by atoms with Crippen LogP contribution in [0.4, 0.5) is 5.69 Å². The third-order valence-electron chi connectivity index (χ3n) is 4.14. The second kappa shape index (κ2) is 8.27. The SMILES string of the molecule is Cc1ccc(CNC(=O)c2cc(C(=O)Nc3ccc(C)cc3)ccn2)cc1. The summed E-state index contributed by atoms with van der Waals surface area (Å²) >= 11 is 0. The first-order valence-corrected chi connectivity index (χ1v) is 8.69. The summed E-state index contributed by atoms with van der Waals surface area (Å²) in [5, 5.41) is 5.64. The van der Waals surface area contributed by atoms with Crippen molar-refractivity contribution in [2.75, 3.05) is 5.32 Å². The molecule has 0 aliphatic carbocycles. The van der Waals surface area contributed by atoms with Gasteiger partial charge >= 0.3 is 0 Å². The van der Waals surface area contributed by atoms with Crippen molar-refractivity contribution in [3.8, 4) is 0 Å². The van der Waals surface area contributed by atoms with Crippen LogP contribution in [0.2, 0.25) is 0 Å². The van der Waals surface area contributed by atoms with E-state index in [9.17, 15) is 9.59 Å². The number of amides is 2. The molecule has 0 aliphatic heterocycles. The number of hydrogen-bond acceptors (Lipinski definition) is 3. The first-order chi connectivity index (χ1) is 13.0. The monoisotopic (exact) mass is 359 g/mol. The largest absolute Gasteiger partial charge is 0.347 e. The van der Waals surface area contributed by atoms with Gasteiger partial charge in [0.1, 0.15) is 5.69 Å². The number of hydrogen-bond donors (Lipinski definition) is 2. The van der Waals surface area contributed by atoms with Crippen LogP contribution in [0.5, 0.6) is 0 Å². The van der Waals surface area contributed by atoms with E-state index in [0.717, 1.165) is 11.1 Å². The highest BCUT2D eigenvalue weighted by Gasteiger charge is 2.12. The molecule has 0 bridgehead atoms. The topological polar surface area (TPSA) is 71.1 Å². The predicted octanol–water partition coefficient (Wildman–Crippen LogP) is 3.88. The average molecular weight is 359 g/mol. The maximum absolute atomic E-state index is 12.4. The molecule has 136 valence electrons. The van der Waals surface area contributed by atoms with Crippen molar-refractivity contribution >= 4 is 17.5 Å². The summed E-state index contributed by atoms with van der Waals surface area (Å²) in [6.45, 7) is 4.40. The zero-order valence-electron chi connectivity index (χ0n) is 15.3. The fourth-order valence-corrected chi connectivity index (χ4v) is 2.51. The molecule has 0 saturated heterocycles. The Kier molecular flexibility index (Phi) is 5.61. The van der Waals surface area contributed by atoms with Crippen LogP contribution in [0, 0.1) is 13.8 Å². The van der Waals surface area contributed by atoms with Gasteiger partial charge in [-0.15, -0.1) is 0 Å². The van der Waals surface area contributed by atoms with E-state index in [0.29, 0.717) is 17.8 Å². The van der Waals surface area contributed by atoms with Gasteiger partial charge in [0.05, 0.1) is 0 Å². The minimum absolute atomic E-state index is 0.207. The molecule has 0 atom stereocenters. The standard InChI is InChI=1S/C22H21N3O2/c1-15-3-7-17(8-4-15)14-24-22(27)20-13-18(11-12-23-20)21(26)25-19-9-5-16(2)6-10-19/h3-13H,14H2,1-2H3,(H,24,27)(H,25,26). The number of nitrogens with zero attached hydrogens (tertiary/aromatic N) is 1. The number of carbonyl (C=O) groups is 2. The summed E-state index contributed by atoms with van der Waals surface area (Å²) in [4.78, 5) is 28.8. The summed E-state index contributed by atoms with van der Waals surface area (Å²) in [6.07, 6.45) is 1.46. The molecule has 0 fully saturated rings. The molecule has 0 radical (unpaired) electrons. The van der Waals surface area contributed by atoms with Gasteiger partial charge in [0.25, 0.3) is 11.8 Å². The minimum Gasteiger partial charge on any atom is -0.347 e. The molecule has 0 unspecified atom stereocenters. The van der Waals surface area contributed by atoms with E-state index in [4.69, 9.17) is 0 Å². The summed E-state index contributed by atoms with van der Waals surface area (Å²) in [5.74, 6) is -0.602. The Bertz CT molecular complexity index is 948. The third-order valence-corrected chi connectivity index (χ3v) is 4.14. The second-order valence-electron chi connectivity index (χ2n) is 6.42. The highest BCUT2D eigenvalue weighted by atomic mass is 16.2. The molecular weight excluding hydrogens is 338 g/mol. The van der Waals surface area contributed by atoms with Gasteiger partial charge in [-0.05, 0) is 43.7 Å². The lowest BCUT2D eigenvalue weighted by molar-refractivity contribution is 0.0946. The highest BCUT2D eigenvalue weighted by molar-refractivity contribution is 6.05. The molecule has 1 heterocycles. The number of aryl methyl sites for hydroxylation is 2. The van der Waals surface area contributed by atoms with Crippen LogP contribution < -0.4 is 10.6 Å². The molecule has 5 nitrogen and oxygen atoms in total. The Morgan fingerprint density at radius 1 is 0.852 bits per heavy atom. The zero-order valence-corrected chi connectivity index (χ0v) is 15.3. The fourth-order valence-electron chi connectivity index (χ4n) is 2.51. The quantitative estimate of drug-likeness (QED) is 0.726. The Morgan fingerprint density at radius 3 is 2.15 bits per heavy atom. The van der Waals surface area contributed by atoms with E-state index in [2.05, 4.69) is 15.6 Å². The number of pyridine rings is 1. The van der Waals surface area contributed by atoms with Crippen LogP contribution in [0.15, 0.2) is 66.9 Å². The van der Waals surface area contributed by atoms with Crippen molar-refractivity contribution in [2.45, 2.75) is 20.4 Å². The van der Waals surface area contributed by atoms with Crippen LogP contribution in [0.25, 0.3) is 0 Å². The number of benzene rings is 2. The zero-order chi connectivity index (χ0) is 19.2. The maximum Gasteiger partial charge on any atom is 0.270 e. The van der Waals surface area contributed by atoms with Gasteiger partial charge in [-0.2, -0.15) is 0 Å². The van der Waals surface area contributed by atoms with E-state index in [1.54, 1.807) is 6.07 Å². The minimum atomic E-state index is -0.319. The Morgan fingerprint density at radius 2 is 1.48 bits per heavy atom. The van der Waals surface area contributed by atoms with Crippen molar-refractivity contribution in [2.24, 2.45) is 0 Å². The van der Waals surface area contributed by atoms with Crippen LogP contribution in [-0.4, -0.2) is 16.8 Å². The summed E-state index contributed by atoms with van der Waals surface area (Å²) in [5.41, 5.74) is 4.57. The lowest BCUT2D eigenvalue weighted by atomic mass is 10.1. The molecule has 27 heavy (non-hydrogen) atoms. The van der Waals surface area contributed by atoms with Gasteiger partial charge in [-0.25, -0.2) is 0 Å². The van der Waals surface area contributed by atoms with Crippen molar-refractivity contribution in [3.05, 3.63) is 94.8 Å². The molecule has 0 spiro atoms. The van der Waals surface area contributed by atoms with Gasteiger partial charge in [-0.3, -0.25) is 14.6 Å². The first kappa shape index (κ1) is 18.3. The van der Waals surface area contributed by atoms with Gasteiger partial charge in [0.15, 0.2) is 0 Å². The van der Waals surface area contributed by atoms with Gasteiger partial charge < -0.3 is 10.6 Å². The summed E-state index contributed by atoms with van der Waals surface area (Å²) in [6, 6.07) is 18.5. The Labute approximate surface area is 158 Å². The highest BCUT2D eigenvalue weighted by Crippen LogP contribution is 2.11. The van der Waals surface area contributed by atoms with E-state index in [-0.39, 0.29) is 17.5 Å². The molecule has 3 aromatic rings. The lowest BCUT2D eigenvalue weighted by Gasteiger charge is -2.08. The number of carbonyl (C=O) groups excluding carboxylic acids is 2. The molecule has 1 aromatic heterocycles. The number of nitrogens with one attached hydrogen (secondary N) is 2. The molecule has 3 rings (SSSR count). The Balaban J connectivity index is 1.65. The van der Waals surface area contributed by atoms with Gasteiger partial charge in [0, 0.05) is 24.0 Å². The van der Waals surface area contributed by atoms with Crippen molar-refractivity contribution in [3.63, 3.8) is 0 Å². The van der Waals surface area contributed by atoms with E-state index < -0.39 is 0 Å². The Hall–Kier alpha value is -3.47. The predicted molar refractivity (Wildman–Crippen MR) is 106 cm³/mol. The molecule has 2 amide bonds. The third kappa shape index (κ3) is 5.01. The normalized spacial score (nSPS) is 10.3. The molecule has 0 aliphatic rings. The van der Waals surface area contributed by atoms with Crippen LogP contribution in [-0.2, 0) is 6.54 Å². The van der Waals surface area contributed by atoms with Gasteiger partial charge in [-0.1, -0.05) is 47.5 Å². The van der Waals surface area contributed by atoms with Crippen LogP contribution >= 0.6 is 0 Å². The summed E-state index contributed by atoms with van der Waals surface area (Å²) in [7, 11) is 0.